The van der Waals surface area contributed by atoms with E-state index in [1.807, 2.05) is 0 Å². The molecule has 0 saturated carbocycles. The Hall–Kier alpha value is 2.49. The van der Waals surface area contributed by atoms with E-state index in [1.54, 1.807) is 0 Å². The van der Waals surface area contributed by atoms with E-state index in [4.69, 9.17) is 0 Å². The van der Waals surface area contributed by atoms with Crippen LogP contribution in [-0.4, -0.2) is 27.3 Å². The van der Waals surface area contributed by atoms with Crippen LogP contribution in [-0.2, 0) is 47.3 Å². The summed E-state index contributed by atoms with van der Waals surface area (Å²) in [4.78, 5) is 0. The van der Waals surface area contributed by atoms with Gasteiger partial charge in [-0.1, -0.05) is 7.43 Å². The molecule has 0 heterocycles. The Bertz CT molecular complexity index is 8.00. The van der Waals surface area contributed by atoms with Crippen LogP contribution in [0.4, 0.5) is 0 Å². The first kappa shape index (κ1) is 31.5. The van der Waals surface area contributed by atoms with Crippen LogP contribution in [0.1, 0.15) is 7.43 Å². The van der Waals surface area contributed by atoms with E-state index in [9.17, 15) is 0 Å². The molecule has 0 N–H and O–H groups in total. The van der Waals surface area contributed by atoms with Crippen LogP contribution in [0.2, 0.25) is 0 Å². The first-order chi connectivity index (χ1) is 0. The van der Waals surface area contributed by atoms with Crippen molar-refractivity contribution in [1.82, 2.24) is 0 Å². The second-order valence-electron chi connectivity index (χ2n) is 0. The third-order valence-corrected chi connectivity index (χ3v) is 0. The van der Waals surface area contributed by atoms with Crippen molar-refractivity contribution in [2.24, 2.45) is 0 Å². The maximum absolute atomic E-state index is 0. The molecule has 4 heavy (non-hydrogen) atoms. The third kappa shape index (κ3) is 8.82. The zero-order valence-corrected chi connectivity index (χ0v) is 11.6. The predicted octanol–water partition coefficient (Wildman–Crippen LogP) is -0.285. The molecule has 3 heteroatoms. The first-order valence-electron chi connectivity index (χ1n) is 0. The van der Waals surface area contributed by atoms with Gasteiger partial charge < -0.3 is 0 Å². The average molecular weight is 412 g/mol. The van der Waals surface area contributed by atoms with Crippen LogP contribution in [0.15, 0.2) is 0 Å². The minimum atomic E-state index is 0. The fraction of sp³-hybridized carbons (Fsp3) is 1.00. The molecule has 2 radical (unpaired) electrons. The van der Waals surface area contributed by atoms with Gasteiger partial charge in [-0.3, -0.25) is 0 Å². The van der Waals surface area contributed by atoms with E-state index in [1.165, 1.54) is 0 Å². The normalized spacial score (nSPS) is 0. The zero-order chi connectivity index (χ0) is 0. The van der Waals surface area contributed by atoms with Crippen molar-refractivity contribution in [3.05, 3.63) is 0 Å². The van der Waals surface area contributed by atoms with Crippen LogP contribution < -0.4 is 0 Å². The van der Waals surface area contributed by atoms with Crippen molar-refractivity contribution < 1.29 is 47.3 Å². The van der Waals surface area contributed by atoms with Crippen LogP contribution in [0.25, 0.3) is 0 Å². The quantitative estimate of drug-likeness (QED) is 0.480. The molecule has 0 saturated heterocycles. The Kier molecular flexibility index (Phi) is 141. The molecule has 0 unspecified atom stereocenters. The monoisotopic (exact) mass is 414 g/mol. The molecule has 0 rings (SSSR count). The molecule has 0 nitrogen and oxygen atoms in total. The zero-order valence-electron chi connectivity index (χ0n) is 1.62. The van der Waals surface area contributed by atoms with Crippen LogP contribution in [0.3, 0.4) is 0 Å². The maximum Gasteiger partial charge on any atom is 0 e. The molecule has 0 bridgehead atoms. The van der Waals surface area contributed by atoms with Crippen molar-refractivity contribution in [3.8, 4) is 0 Å². The van der Waals surface area contributed by atoms with Crippen LogP contribution >= 0.6 is 0 Å². The summed E-state index contributed by atoms with van der Waals surface area (Å²) in [6.07, 6.45) is 0. The van der Waals surface area contributed by atoms with E-state index >= 15 is 0 Å². The van der Waals surface area contributed by atoms with Crippen molar-refractivity contribution in [1.29, 1.82) is 0 Å². The smallest absolute Gasteiger partial charge is 0 e. The maximum atomic E-state index is 0. The Balaban J connectivity index is 0. The second-order valence-corrected chi connectivity index (χ2v) is 0. The van der Waals surface area contributed by atoms with Crippen molar-refractivity contribution in [3.63, 3.8) is 0 Å². The van der Waals surface area contributed by atoms with Gasteiger partial charge in [-0.25, -0.2) is 0 Å². The molecule has 0 aromatic rings. The molecule has 0 fully saturated rings. The van der Waals surface area contributed by atoms with Gasteiger partial charge in [0.2, 0.25) is 0 Å². The van der Waals surface area contributed by atoms with E-state index in [-0.39, 0.29) is 82.0 Å². The molecular weight excluding hydrogens is 406 g/mol. The second kappa shape index (κ2) is 17.8. The summed E-state index contributed by atoms with van der Waals surface area (Å²) < 4.78 is 0. The van der Waals surface area contributed by atoms with E-state index in [0.29, 0.717) is 0 Å². The molecule has 24 valence electrons. The van der Waals surface area contributed by atoms with Crippen LogP contribution in [0, 0.1) is 0 Å². The summed E-state index contributed by atoms with van der Waals surface area (Å²) in [7, 11) is 0. The van der Waals surface area contributed by atoms with Gasteiger partial charge in [0.1, 0.15) is 0 Å². The number of rotatable bonds is 0. The van der Waals surface area contributed by atoms with Gasteiger partial charge in [0, 0.05) is 47.3 Å². The third-order valence-electron chi connectivity index (χ3n) is 0. The summed E-state index contributed by atoms with van der Waals surface area (Å²) in [5.41, 5.74) is 0. The molecule has 0 aliphatic heterocycles. The first-order valence-corrected chi connectivity index (χ1v) is 0. The molecule has 0 aromatic heterocycles. The van der Waals surface area contributed by atoms with Gasteiger partial charge in [0.15, 0.2) is 0 Å². The largest absolute Gasteiger partial charge is 0 e. The standard InChI is InChI=1S/CH4.Mo.Pb.Zr.2H/h1H4;;;;;. The minimum absolute atomic E-state index is 0. The van der Waals surface area contributed by atoms with Gasteiger partial charge in [-0.05, 0) is 0 Å². The Labute approximate surface area is 80.7 Å². The van der Waals surface area contributed by atoms with Gasteiger partial charge in [-0.15, -0.1) is 0 Å². The molecule has 0 aromatic carbocycles. The predicted molar refractivity (Wildman–Crippen MR) is 15.3 cm³/mol. The van der Waals surface area contributed by atoms with Crippen molar-refractivity contribution >= 4 is 27.3 Å². The Morgan fingerprint density at radius 3 is 1.00 bits per heavy atom. The number of hydrogen-bond donors (Lipinski definition) is 0. The van der Waals surface area contributed by atoms with Gasteiger partial charge in [0.05, 0.1) is 0 Å². The van der Waals surface area contributed by atoms with Crippen LogP contribution in [0.5, 0.6) is 0 Å². The Morgan fingerprint density at radius 2 is 1.00 bits per heavy atom. The van der Waals surface area contributed by atoms with E-state index < -0.39 is 0 Å². The van der Waals surface area contributed by atoms with Crippen molar-refractivity contribution in [2.45, 2.75) is 7.43 Å². The molecule has 0 amide bonds. The average Bonchev–Trinajstić information content (AvgIpc) is 0. The fourth-order valence-electron chi connectivity index (χ4n) is 0. The topological polar surface area (TPSA) is 0 Å². The molecule has 0 aliphatic carbocycles. The molecule has 0 aliphatic rings. The molecular formula is CH6MoPbZr. The summed E-state index contributed by atoms with van der Waals surface area (Å²) >= 11 is 0. The summed E-state index contributed by atoms with van der Waals surface area (Å²) in [5.74, 6) is 0. The van der Waals surface area contributed by atoms with E-state index in [0.717, 1.165) is 0 Å². The summed E-state index contributed by atoms with van der Waals surface area (Å²) in [5, 5.41) is 0. The number of hydrogen-bond acceptors (Lipinski definition) is 0. The fourth-order valence-corrected chi connectivity index (χ4v) is 0. The SMILES string of the molecule is C.[Mo].[PbH2].[Zr]. The van der Waals surface area contributed by atoms with E-state index in [2.05, 4.69) is 0 Å². The molecule has 0 atom stereocenters. The summed E-state index contributed by atoms with van der Waals surface area (Å²) in [6.45, 7) is 0. The van der Waals surface area contributed by atoms with Gasteiger partial charge >= 0.3 is 27.3 Å². The Morgan fingerprint density at radius 1 is 1.00 bits per heavy atom. The minimum Gasteiger partial charge on any atom is 0 e. The van der Waals surface area contributed by atoms with Gasteiger partial charge in [0.25, 0.3) is 0 Å². The molecule has 0 spiro atoms. The summed E-state index contributed by atoms with van der Waals surface area (Å²) in [6, 6.07) is 0. The van der Waals surface area contributed by atoms with Gasteiger partial charge in [-0.2, -0.15) is 0 Å². The van der Waals surface area contributed by atoms with Crippen molar-refractivity contribution in [2.75, 3.05) is 0 Å².